The van der Waals surface area contributed by atoms with Gasteiger partial charge in [-0.05, 0) is 38.0 Å². The molecular weight excluding hydrogens is 332 g/mol. The van der Waals surface area contributed by atoms with E-state index >= 15 is 0 Å². The van der Waals surface area contributed by atoms with Gasteiger partial charge in [-0.1, -0.05) is 15.9 Å². The molecule has 2 aromatic rings. The quantitative estimate of drug-likeness (QED) is 0.920. The van der Waals surface area contributed by atoms with Crippen molar-refractivity contribution in [1.82, 2.24) is 14.8 Å². The number of benzene rings is 1. The number of aryl methyl sites for hydroxylation is 1. The van der Waals surface area contributed by atoms with E-state index in [0.29, 0.717) is 6.61 Å². The molecule has 21 heavy (non-hydrogen) atoms. The Morgan fingerprint density at radius 1 is 1.38 bits per heavy atom. The summed E-state index contributed by atoms with van der Waals surface area (Å²) in [6, 6.07) is 5.82. The summed E-state index contributed by atoms with van der Waals surface area (Å²) in [6.45, 7) is 3.36. The first-order valence-corrected chi connectivity index (χ1v) is 8.03. The number of aromatic nitrogens is 3. The van der Waals surface area contributed by atoms with E-state index < -0.39 is 0 Å². The Kier molecular flexibility index (Phi) is 4.26. The SMILES string of the molecule is CC(N)c1cc(Br)ccc1OCc1nnc2n1CCCC2. The first-order valence-electron chi connectivity index (χ1n) is 7.24. The van der Waals surface area contributed by atoms with Gasteiger partial charge < -0.3 is 15.0 Å². The Labute approximate surface area is 132 Å². The largest absolute Gasteiger partial charge is 0.485 e. The van der Waals surface area contributed by atoms with Gasteiger partial charge in [-0.15, -0.1) is 10.2 Å². The second kappa shape index (κ2) is 6.15. The van der Waals surface area contributed by atoms with Gasteiger partial charge in [0, 0.05) is 29.0 Å². The van der Waals surface area contributed by atoms with Crippen molar-refractivity contribution in [3.8, 4) is 5.75 Å². The standard InChI is InChI=1S/C15H19BrN4O/c1-10(17)12-8-11(16)5-6-13(12)21-9-15-19-18-14-4-2-3-7-20(14)15/h5-6,8,10H,2-4,7,9,17H2,1H3. The van der Waals surface area contributed by atoms with Gasteiger partial charge in [0.25, 0.3) is 0 Å². The Balaban J connectivity index is 1.77. The molecule has 0 fully saturated rings. The van der Waals surface area contributed by atoms with E-state index in [4.69, 9.17) is 10.5 Å². The number of halogens is 1. The van der Waals surface area contributed by atoms with Crippen molar-refractivity contribution in [2.45, 2.75) is 45.4 Å². The Morgan fingerprint density at radius 2 is 2.24 bits per heavy atom. The Morgan fingerprint density at radius 3 is 3.05 bits per heavy atom. The zero-order valence-electron chi connectivity index (χ0n) is 12.1. The highest BCUT2D eigenvalue weighted by Gasteiger charge is 2.17. The molecule has 1 aliphatic heterocycles. The topological polar surface area (TPSA) is 66.0 Å². The van der Waals surface area contributed by atoms with Crippen LogP contribution in [0.2, 0.25) is 0 Å². The van der Waals surface area contributed by atoms with Crippen molar-refractivity contribution in [1.29, 1.82) is 0 Å². The van der Waals surface area contributed by atoms with E-state index in [1.807, 2.05) is 25.1 Å². The van der Waals surface area contributed by atoms with E-state index in [9.17, 15) is 0 Å². The van der Waals surface area contributed by atoms with Gasteiger partial charge in [-0.25, -0.2) is 0 Å². The number of hydrogen-bond donors (Lipinski definition) is 1. The van der Waals surface area contributed by atoms with Crippen LogP contribution in [0.15, 0.2) is 22.7 Å². The first kappa shape index (κ1) is 14.5. The highest BCUT2D eigenvalue weighted by Crippen LogP contribution is 2.28. The van der Waals surface area contributed by atoms with Crippen LogP contribution < -0.4 is 10.5 Å². The van der Waals surface area contributed by atoms with Crippen molar-refractivity contribution < 1.29 is 4.74 Å². The second-order valence-electron chi connectivity index (χ2n) is 5.40. The van der Waals surface area contributed by atoms with Crippen LogP contribution in [0, 0.1) is 0 Å². The minimum absolute atomic E-state index is 0.0789. The molecule has 0 radical (unpaired) electrons. The maximum atomic E-state index is 6.01. The van der Waals surface area contributed by atoms with Crippen LogP contribution in [-0.2, 0) is 19.6 Å². The van der Waals surface area contributed by atoms with E-state index in [1.54, 1.807) is 0 Å². The molecule has 112 valence electrons. The fourth-order valence-corrected chi connectivity index (χ4v) is 3.00. The van der Waals surface area contributed by atoms with Crippen molar-refractivity contribution >= 4 is 15.9 Å². The summed E-state index contributed by atoms with van der Waals surface area (Å²) in [5, 5.41) is 8.49. The summed E-state index contributed by atoms with van der Waals surface area (Å²) in [4.78, 5) is 0. The third kappa shape index (κ3) is 3.11. The zero-order chi connectivity index (χ0) is 14.8. The molecule has 1 aromatic carbocycles. The number of rotatable bonds is 4. The van der Waals surface area contributed by atoms with Gasteiger partial charge in [0.05, 0.1) is 0 Å². The van der Waals surface area contributed by atoms with Gasteiger partial charge in [-0.2, -0.15) is 0 Å². The fraction of sp³-hybridized carbons (Fsp3) is 0.467. The summed E-state index contributed by atoms with van der Waals surface area (Å²) in [7, 11) is 0. The number of hydrogen-bond acceptors (Lipinski definition) is 4. The van der Waals surface area contributed by atoms with E-state index in [0.717, 1.165) is 40.4 Å². The van der Waals surface area contributed by atoms with E-state index in [2.05, 4.69) is 30.7 Å². The summed E-state index contributed by atoms with van der Waals surface area (Å²) in [5.41, 5.74) is 7.00. The summed E-state index contributed by atoms with van der Waals surface area (Å²) < 4.78 is 9.12. The minimum Gasteiger partial charge on any atom is -0.485 e. The average molecular weight is 351 g/mol. The van der Waals surface area contributed by atoms with E-state index in [1.165, 1.54) is 12.8 Å². The van der Waals surface area contributed by atoms with Crippen LogP contribution >= 0.6 is 15.9 Å². The summed E-state index contributed by atoms with van der Waals surface area (Å²) in [5.74, 6) is 2.77. The molecule has 2 heterocycles. The molecule has 0 spiro atoms. The minimum atomic E-state index is -0.0789. The molecule has 6 heteroatoms. The maximum absolute atomic E-state index is 6.01. The number of fused-ring (bicyclic) bond motifs is 1. The second-order valence-corrected chi connectivity index (χ2v) is 6.32. The highest BCUT2D eigenvalue weighted by molar-refractivity contribution is 9.10. The van der Waals surface area contributed by atoms with Crippen LogP contribution in [-0.4, -0.2) is 14.8 Å². The lowest BCUT2D eigenvalue weighted by molar-refractivity contribution is 0.282. The van der Waals surface area contributed by atoms with Gasteiger partial charge >= 0.3 is 0 Å². The summed E-state index contributed by atoms with van der Waals surface area (Å²) >= 11 is 3.47. The predicted molar refractivity (Wildman–Crippen MR) is 84.0 cm³/mol. The molecule has 0 bridgehead atoms. The molecular formula is C15H19BrN4O. The Hall–Kier alpha value is -1.40. The molecule has 0 amide bonds. The third-order valence-electron chi connectivity index (χ3n) is 3.76. The number of ether oxygens (including phenoxy) is 1. The fourth-order valence-electron chi connectivity index (χ4n) is 2.62. The lowest BCUT2D eigenvalue weighted by Gasteiger charge is -2.17. The maximum Gasteiger partial charge on any atom is 0.171 e. The molecule has 2 N–H and O–H groups in total. The molecule has 0 aliphatic carbocycles. The van der Waals surface area contributed by atoms with Gasteiger partial charge in [0.1, 0.15) is 18.2 Å². The molecule has 0 saturated carbocycles. The molecule has 1 unspecified atom stereocenters. The van der Waals surface area contributed by atoms with Crippen LogP contribution in [0.5, 0.6) is 5.75 Å². The van der Waals surface area contributed by atoms with Crippen molar-refractivity contribution in [3.05, 3.63) is 39.9 Å². The first-order chi connectivity index (χ1) is 10.1. The molecule has 0 saturated heterocycles. The predicted octanol–water partition coefficient (Wildman–Crippen LogP) is 2.98. The number of nitrogens with zero attached hydrogens (tertiary/aromatic N) is 3. The van der Waals surface area contributed by atoms with Crippen LogP contribution in [0.25, 0.3) is 0 Å². The smallest absolute Gasteiger partial charge is 0.171 e. The average Bonchev–Trinajstić information content (AvgIpc) is 2.89. The van der Waals surface area contributed by atoms with Crippen LogP contribution in [0.3, 0.4) is 0 Å². The van der Waals surface area contributed by atoms with Gasteiger partial charge in [-0.3, -0.25) is 0 Å². The molecule has 1 aliphatic rings. The van der Waals surface area contributed by atoms with Gasteiger partial charge in [0.15, 0.2) is 5.82 Å². The zero-order valence-corrected chi connectivity index (χ0v) is 13.6. The third-order valence-corrected chi connectivity index (χ3v) is 4.25. The molecule has 1 aromatic heterocycles. The van der Waals surface area contributed by atoms with E-state index in [-0.39, 0.29) is 6.04 Å². The van der Waals surface area contributed by atoms with Crippen LogP contribution in [0.1, 0.15) is 43.0 Å². The van der Waals surface area contributed by atoms with Crippen molar-refractivity contribution in [2.75, 3.05) is 0 Å². The monoisotopic (exact) mass is 350 g/mol. The van der Waals surface area contributed by atoms with Crippen LogP contribution in [0.4, 0.5) is 0 Å². The summed E-state index contributed by atoms with van der Waals surface area (Å²) in [6.07, 6.45) is 3.39. The normalized spacial score (nSPS) is 15.6. The Bertz CT molecular complexity index is 639. The number of nitrogens with two attached hydrogens (primary N) is 1. The van der Waals surface area contributed by atoms with Crippen molar-refractivity contribution in [2.24, 2.45) is 5.73 Å². The highest BCUT2D eigenvalue weighted by atomic mass is 79.9. The van der Waals surface area contributed by atoms with Gasteiger partial charge in [0.2, 0.25) is 0 Å². The molecule has 3 rings (SSSR count). The van der Waals surface area contributed by atoms with Crippen molar-refractivity contribution in [3.63, 3.8) is 0 Å². The molecule has 1 atom stereocenters. The lowest BCUT2D eigenvalue weighted by Crippen LogP contribution is -2.15. The molecule has 5 nitrogen and oxygen atoms in total. The lowest BCUT2D eigenvalue weighted by atomic mass is 10.1.